The lowest BCUT2D eigenvalue weighted by Crippen LogP contribution is -2.22. The quantitative estimate of drug-likeness (QED) is 0.791. The van der Waals surface area contributed by atoms with E-state index in [4.69, 9.17) is 9.47 Å². The number of aromatic amines is 1. The van der Waals surface area contributed by atoms with Gasteiger partial charge >= 0.3 is 0 Å². The number of hydrogen-bond acceptors (Lipinski definition) is 5. The van der Waals surface area contributed by atoms with Gasteiger partial charge in [0.2, 0.25) is 0 Å². The summed E-state index contributed by atoms with van der Waals surface area (Å²) in [4.78, 5) is 27.3. The minimum absolute atomic E-state index is 0.0307. The van der Waals surface area contributed by atoms with E-state index < -0.39 is 5.41 Å². The lowest BCUT2D eigenvalue weighted by Gasteiger charge is -2.13. The molecule has 1 aromatic heterocycles. The Hall–Kier alpha value is -2.34. The molecule has 6 heteroatoms. The maximum atomic E-state index is 12.3. The fraction of sp³-hybridized carbons (Fsp3) is 0.429. The van der Waals surface area contributed by atoms with Crippen molar-refractivity contribution in [3.8, 4) is 11.5 Å². The maximum Gasteiger partial charge on any atom is 0.266 e. The zero-order valence-corrected chi connectivity index (χ0v) is 17.4. The third kappa shape index (κ3) is 5.57. The van der Waals surface area contributed by atoms with Gasteiger partial charge < -0.3 is 14.5 Å². The number of thiazole rings is 1. The van der Waals surface area contributed by atoms with Crippen LogP contribution in [0.1, 0.15) is 46.6 Å². The Kier molecular flexibility index (Phi) is 7.02. The van der Waals surface area contributed by atoms with Crippen molar-refractivity contribution in [2.45, 2.75) is 41.0 Å². The molecule has 0 saturated carbocycles. The first kappa shape index (κ1) is 21.0. The van der Waals surface area contributed by atoms with Gasteiger partial charge in [-0.05, 0) is 25.5 Å². The van der Waals surface area contributed by atoms with Crippen molar-refractivity contribution in [3.05, 3.63) is 43.3 Å². The largest absolute Gasteiger partial charge is 0.490 e. The van der Waals surface area contributed by atoms with E-state index in [1.54, 1.807) is 6.08 Å². The Morgan fingerprint density at radius 1 is 1.22 bits per heavy atom. The van der Waals surface area contributed by atoms with Crippen molar-refractivity contribution in [1.29, 1.82) is 0 Å². The van der Waals surface area contributed by atoms with Crippen LogP contribution in [0, 0.1) is 5.41 Å². The fourth-order valence-electron chi connectivity index (χ4n) is 2.28. The van der Waals surface area contributed by atoms with E-state index in [0.29, 0.717) is 33.9 Å². The number of carbonyl (C=O) groups is 1. The Balaban J connectivity index is 2.53. The minimum atomic E-state index is -0.488. The first-order valence-electron chi connectivity index (χ1n) is 9.12. The summed E-state index contributed by atoms with van der Waals surface area (Å²) in [5.41, 5.74) is 0.0595. The summed E-state index contributed by atoms with van der Waals surface area (Å²) in [6, 6.07) is 5.61. The van der Waals surface area contributed by atoms with Crippen LogP contribution in [0.2, 0.25) is 0 Å². The maximum absolute atomic E-state index is 12.3. The molecule has 0 aliphatic carbocycles. The van der Waals surface area contributed by atoms with E-state index in [2.05, 4.69) is 4.98 Å². The van der Waals surface area contributed by atoms with Crippen LogP contribution in [0.5, 0.6) is 11.5 Å². The van der Waals surface area contributed by atoms with Gasteiger partial charge in [-0.15, -0.1) is 11.3 Å². The van der Waals surface area contributed by atoms with Gasteiger partial charge in [0.1, 0.15) is 0 Å². The number of H-pyrrole nitrogens is 1. The van der Waals surface area contributed by atoms with Crippen LogP contribution in [-0.2, 0) is 4.79 Å². The number of para-hydroxylation sites is 1. The van der Waals surface area contributed by atoms with Crippen molar-refractivity contribution in [2.24, 2.45) is 5.41 Å². The average molecular weight is 390 g/mol. The van der Waals surface area contributed by atoms with E-state index in [0.717, 1.165) is 12.0 Å². The van der Waals surface area contributed by atoms with Gasteiger partial charge in [0.05, 0.1) is 22.4 Å². The number of hydrogen-bond donors (Lipinski definition) is 1. The molecule has 146 valence electrons. The second-order valence-electron chi connectivity index (χ2n) is 7.14. The number of carbonyl (C=O) groups excluding carboxylic acids is 1. The lowest BCUT2D eigenvalue weighted by atomic mass is 9.91. The predicted octanol–water partition coefficient (Wildman–Crippen LogP) is 2.85. The molecule has 0 aliphatic heterocycles. The molecule has 0 aliphatic rings. The van der Waals surface area contributed by atoms with E-state index in [-0.39, 0.29) is 11.3 Å². The molecular formula is C21H27NO4S. The highest BCUT2D eigenvalue weighted by Crippen LogP contribution is 2.32. The molecule has 0 bridgehead atoms. The number of rotatable bonds is 7. The molecule has 5 nitrogen and oxygen atoms in total. The smallest absolute Gasteiger partial charge is 0.266 e. The van der Waals surface area contributed by atoms with Crippen LogP contribution in [0.25, 0.3) is 12.2 Å². The third-order valence-electron chi connectivity index (χ3n) is 3.73. The van der Waals surface area contributed by atoms with Crippen molar-refractivity contribution in [3.63, 3.8) is 0 Å². The van der Waals surface area contributed by atoms with Crippen LogP contribution in [0.3, 0.4) is 0 Å². The average Bonchev–Trinajstić information content (AvgIpc) is 2.93. The lowest BCUT2D eigenvalue weighted by molar-refractivity contribution is -0.119. The van der Waals surface area contributed by atoms with Crippen LogP contribution >= 0.6 is 11.3 Å². The van der Waals surface area contributed by atoms with Gasteiger partial charge in [0.25, 0.3) is 5.56 Å². The second-order valence-corrected chi connectivity index (χ2v) is 8.23. The Morgan fingerprint density at radius 3 is 2.59 bits per heavy atom. The SMILES string of the molecule is CCCOc1c(/C=c2\s/c(=C/C(=O)C(C)(C)C)[nH]c2=O)cccc1OCC. The molecular weight excluding hydrogens is 362 g/mol. The van der Waals surface area contributed by atoms with Gasteiger partial charge in [0.15, 0.2) is 17.3 Å². The molecule has 1 heterocycles. The zero-order valence-electron chi connectivity index (χ0n) is 16.5. The molecule has 1 aromatic carbocycles. The van der Waals surface area contributed by atoms with Gasteiger partial charge in [-0.1, -0.05) is 39.8 Å². The molecule has 0 saturated heterocycles. The standard InChI is InChI=1S/C21H27NO4S/c1-6-11-26-19-14(9-8-10-15(19)25-7-2)12-16-20(24)22-18(27-16)13-17(23)21(3,4)5/h8-10,12-13H,6-7,11H2,1-5H3,(H,22,24)/b16-12-,18-13+. The number of ether oxygens (including phenoxy) is 2. The number of benzene rings is 1. The minimum Gasteiger partial charge on any atom is -0.490 e. The topological polar surface area (TPSA) is 68.4 Å². The monoisotopic (exact) mass is 389 g/mol. The number of ketones is 1. The number of Topliss-reactive ketones (excluding diaryl/α,β-unsaturated/α-hetero) is 1. The number of nitrogens with one attached hydrogen (secondary N) is 1. The summed E-state index contributed by atoms with van der Waals surface area (Å²) in [7, 11) is 0. The summed E-state index contributed by atoms with van der Waals surface area (Å²) < 4.78 is 12.6. The molecule has 0 spiro atoms. The van der Waals surface area contributed by atoms with E-state index in [1.807, 2.05) is 52.8 Å². The molecule has 0 atom stereocenters. The Bertz CT molecular complexity index is 963. The van der Waals surface area contributed by atoms with Gasteiger partial charge in [-0.2, -0.15) is 0 Å². The van der Waals surface area contributed by atoms with E-state index in [9.17, 15) is 9.59 Å². The summed E-state index contributed by atoms with van der Waals surface area (Å²) in [5, 5.41) is 0. The Labute approximate surface area is 163 Å². The van der Waals surface area contributed by atoms with Crippen LogP contribution < -0.4 is 24.2 Å². The highest BCUT2D eigenvalue weighted by atomic mass is 32.1. The fourth-order valence-corrected chi connectivity index (χ4v) is 3.15. The van der Waals surface area contributed by atoms with Crippen LogP contribution in [0.4, 0.5) is 0 Å². The second kappa shape index (κ2) is 9.04. The molecule has 2 rings (SSSR count). The highest BCUT2D eigenvalue weighted by molar-refractivity contribution is 7.07. The first-order valence-corrected chi connectivity index (χ1v) is 9.93. The number of aromatic nitrogens is 1. The summed E-state index contributed by atoms with van der Waals surface area (Å²) in [6.45, 7) is 10.6. The highest BCUT2D eigenvalue weighted by Gasteiger charge is 2.18. The van der Waals surface area contributed by atoms with Crippen LogP contribution in [0.15, 0.2) is 23.0 Å². The molecule has 2 aromatic rings. The normalized spacial score (nSPS) is 13.1. The molecule has 27 heavy (non-hydrogen) atoms. The molecule has 0 radical (unpaired) electrons. The first-order chi connectivity index (χ1) is 12.8. The van der Waals surface area contributed by atoms with Crippen LogP contribution in [-0.4, -0.2) is 24.0 Å². The van der Waals surface area contributed by atoms with E-state index >= 15 is 0 Å². The van der Waals surface area contributed by atoms with Crippen molar-refractivity contribution < 1.29 is 14.3 Å². The molecule has 0 unspecified atom stereocenters. The zero-order chi connectivity index (χ0) is 20.0. The van der Waals surface area contributed by atoms with Gasteiger partial charge in [-0.3, -0.25) is 9.59 Å². The summed E-state index contributed by atoms with van der Waals surface area (Å²) in [5.74, 6) is 1.25. The van der Waals surface area contributed by atoms with Gasteiger partial charge in [-0.25, -0.2) is 0 Å². The summed E-state index contributed by atoms with van der Waals surface area (Å²) in [6.07, 6.45) is 4.14. The van der Waals surface area contributed by atoms with E-state index in [1.165, 1.54) is 17.4 Å². The third-order valence-corrected chi connectivity index (χ3v) is 4.69. The predicted molar refractivity (Wildman–Crippen MR) is 110 cm³/mol. The Morgan fingerprint density at radius 2 is 1.96 bits per heavy atom. The van der Waals surface area contributed by atoms with Crippen molar-refractivity contribution in [1.82, 2.24) is 4.98 Å². The molecule has 0 fully saturated rings. The molecule has 1 N–H and O–H groups in total. The van der Waals surface area contributed by atoms with Gasteiger partial charge in [0, 0.05) is 17.1 Å². The molecule has 0 amide bonds. The van der Waals surface area contributed by atoms with Crippen molar-refractivity contribution in [2.75, 3.05) is 13.2 Å². The summed E-state index contributed by atoms with van der Waals surface area (Å²) >= 11 is 1.25. The van der Waals surface area contributed by atoms with Crippen molar-refractivity contribution >= 4 is 29.3 Å².